The van der Waals surface area contributed by atoms with Crippen LogP contribution >= 0.6 is 0 Å². The van der Waals surface area contributed by atoms with Gasteiger partial charge in [-0.2, -0.15) is 5.10 Å². The second-order valence-electron chi connectivity index (χ2n) is 7.01. The summed E-state index contributed by atoms with van der Waals surface area (Å²) in [5, 5.41) is 17.5. The molecule has 5 heteroatoms. The van der Waals surface area contributed by atoms with Crippen LogP contribution in [-0.4, -0.2) is 38.8 Å². The van der Waals surface area contributed by atoms with Gasteiger partial charge in [0.1, 0.15) is 6.10 Å². The maximum Gasteiger partial charge on any atom is 0.251 e. The van der Waals surface area contributed by atoms with Gasteiger partial charge < -0.3 is 10.0 Å². The van der Waals surface area contributed by atoms with Crippen LogP contribution in [0, 0.1) is 0 Å². The SMILES string of the molecule is C[C@H](O)C(=O)N1CCc2[nH]nc(C(c3ccccc3)c3ccccc3)c2C1. The summed E-state index contributed by atoms with van der Waals surface area (Å²) in [6.45, 7) is 2.59. The molecule has 1 aliphatic heterocycles. The summed E-state index contributed by atoms with van der Waals surface area (Å²) in [5.41, 5.74) is 5.42. The number of aliphatic hydroxyl groups excluding tert-OH is 1. The highest BCUT2D eigenvalue weighted by atomic mass is 16.3. The number of amides is 1. The Bertz CT molecular complexity index is 880. The number of benzene rings is 2. The number of aromatic amines is 1. The minimum absolute atomic E-state index is 0.00555. The van der Waals surface area contributed by atoms with Gasteiger partial charge in [0.05, 0.1) is 11.6 Å². The highest BCUT2D eigenvalue weighted by Gasteiger charge is 2.30. The lowest BCUT2D eigenvalue weighted by Gasteiger charge is -2.29. The fourth-order valence-corrected chi connectivity index (χ4v) is 3.81. The van der Waals surface area contributed by atoms with Crippen LogP contribution < -0.4 is 0 Å². The standard InChI is InChI=1S/C22H23N3O2/c1-15(26)22(27)25-13-12-19-18(14-25)21(24-23-19)20(16-8-4-2-5-9-16)17-10-6-3-7-11-17/h2-11,15,20,26H,12-14H2,1H3,(H,23,24)/t15-/m0/s1. The Labute approximate surface area is 158 Å². The average Bonchev–Trinajstić information content (AvgIpc) is 3.12. The molecule has 2 aromatic carbocycles. The minimum Gasteiger partial charge on any atom is -0.384 e. The molecule has 2 heterocycles. The van der Waals surface area contributed by atoms with Gasteiger partial charge in [-0.05, 0) is 18.1 Å². The molecule has 1 amide bonds. The molecule has 0 fully saturated rings. The van der Waals surface area contributed by atoms with Crippen molar-refractivity contribution < 1.29 is 9.90 Å². The van der Waals surface area contributed by atoms with Crippen molar-refractivity contribution in [3.63, 3.8) is 0 Å². The summed E-state index contributed by atoms with van der Waals surface area (Å²) < 4.78 is 0. The van der Waals surface area contributed by atoms with Gasteiger partial charge in [-0.15, -0.1) is 0 Å². The fourth-order valence-electron chi connectivity index (χ4n) is 3.81. The number of nitrogens with zero attached hydrogens (tertiary/aromatic N) is 2. The molecule has 0 saturated carbocycles. The first-order chi connectivity index (χ1) is 13.1. The molecule has 0 bridgehead atoms. The first kappa shape index (κ1) is 17.5. The van der Waals surface area contributed by atoms with Crippen molar-refractivity contribution in [3.05, 3.63) is 88.7 Å². The Morgan fingerprint density at radius 1 is 1.07 bits per heavy atom. The third-order valence-corrected chi connectivity index (χ3v) is 5.17. The predicted octanol–water partition coefficient (Wildman–Crippen LogP) is 2.86. The van der Waals surface area contributed by atoms with Crippen molar-refractivity contribution in [2.45, 2.75) is 31.9 Å². The van der Waals surface area contributed by atoms with Crippen LogP contribution in [0.25, 0.3) is 0 Å². The van der Waals surface area contributed by atoms with E-state index < -0.39 is 6.10 Å². The van der Waals surface area contributed by atoms with Gasteiger partial charge in [-0.1, -0.05) is 60.7 Å². The molecule has 1 aliphatic rings. The number of fused-ring (bicyclic) bond motifs is 1. The van der Waals surface area contributed by atoms with E-state index in [1.54, 1.807) is 4.90 Å². The molecule has 27 heavy (non-hydrogen) atoms. The molecule has 2 N–H and O–H groups in total. The van der Waals surface area contributed by atoms with Gasteiger partial charge in [0.25, 0.3) is 5.91 Å². The zero-order chi connectivity index (χ0) is 18.8. The molecular formula is C22H23N3O2. The molecule has 138 valence electrons. The van der Waals surface area contributed by atoms with Gasteiger partial charge in [-0.3, -0.25) is 9.89 Å². The van der Waals surface area contributed by atoms with E-state index >= 15 is 0 Å². The topological polar surface area (TPSA) is 69.2 Å². The number of nitrogens with one attached hydrogen (secondary N) is 1. The summed E-state index contributed by atoms with van der Waals surface area (Å²) >= 11 is 0. The molecule has 0 unspecified atom stereocenters. The molecule has 4 rings (SSSR count). The number of H-pyrrole nitrogens is 1. The van der Waals surface area contributed by atoms with Gasteiger partial charge in [0, 0.05) is 30.8 Å². The van der Waals surface area contributed by atoms with Gasteiger partial charge in [0.2, 0.25) is 0 Å². The molecule has 3 aromatic rings. The van der Waals surface area contributed by atoms with Crippen LogP contribution in [0.2, 0.25) is 0 Å². The molecule has 0 aliphatic carbocycles. The van der Waals surface area contributed by atoms with Crippen LogP contribution in [0.1, 0.15) is 40.9 Å². The number of aliphatic hydroxyl groups is 1. The van der Waals surface area contributed by atoms with Crippen molar-refractivity contribution in [1.82, 2.24) is 15.1 Å². The maximum atomic E-state index is 12.3. The molecule has 1 atom stereocenters. The smallest absolute Gasteiger partial charge is 0.251 e. The Kier molecular flexibility index (Phi) is 4.77. The van der Waals surface area contributed by atoms with Crippen LogP contribution in [0.15, 0.2) is 60.7 Å². The van der Waals surface area contributed by atoms with Crippen LogP contribution in [0.5, 0.6) is 0 Å². The zero-order valence-corrected chi connectivity index (χ0v) is 15.3. The van der Waals surface area contributed by atoms with E-state index in [0.717, 1.165) is 34.5 Å². The van der Waals surface area contributed by atoms with Crippen molar-refractivity contribution >= 4 is 5.91 Å². The van der Waals surface area contributed by atoms with Gasteiger partial charge >= 0.3 is 0 Å². The summed E-state index contributed by atoms with van der Waals surface area (Å²) in [5.74, 6) is -0.238. The molecular weight excluding hydrogens is 338 g/mol. The second kappa shape index (κ2) is 7.37. The average molecular weight is 361 g/mol. The van der Waals surface area contributed by atoms with Crippen molar-refractivity contribution in [3.8, 4) is 0 Å². The quantitative estimate of drug-likeness (QED) is 0.751. The lowest BCUT2D eigenvalue weighted by atomic mass is 9.85. The second-order valence-corrected chi connectivity index (χ2v) is 7.01. The molecule has 0 saturated heterocycles. The largest absolute Gasteiger partial charge is 0.384 e. The Morgan fingerprint density at radius 2 is 1.67 bits per heavy atom. The molecule has 0 radical (unpaired) electrons. The van der Waals surface area contributed by atoms with Gasteiger partial charge in [-0.25, -0.2) is 0 Å². The Hall–Kier alpha value is -2.92. The van der Waals surface area contributed by atoms with E-state index in [1.807, 2.05) is 36.4 Å². The van der Waals surface area contributed by atoms with Crippen LogP contribution in [0.4, 0.5) is 0 Å². The monoisotopic (exact) mass is 361 g/mol. The van der Waals surface area contributed by atoms with Crippen molar-refractivity contribution in [2.75, 3.05) is 6.54 Å². The Morgan fingerprint density at radius 3 is 2.22 bits per heavy atom. The summed E-state index contributed by atoms with van der Waals surface area (Å²) in [6, 6.07) is 20.6. The lowest BCUT2D eigenvalue weighted by Crippen LogP contribution is -2.41. The van der Waals surface area contributed by atoms with Crippen molar-refractivity contribution in [2.24, 2.45) is 0 Å². The van der Waals surface area contributed by atoms with E-state index in [-0.39, 0.29) is 11.8 Å². The third kappa shape index (κ3) is 3.38. The first-order valence-corrected chi connectivity index (χ1v) is 9.28. The number of aromatic nitrogens is 2. The maximum absolute atomic E-state index is 12.3. The van der Waals surface area contributed by atoms with E-state index in [9.17, 15) is 9.90 Å². The predicted molar refractivity (Wildman–Crippen MR) is 103 cm³/mol. The summed E-state index contributed by atoms with van der Waals surface area (Å²) in [6.07, 6.45) is -0.266. The van der Waals surface area contributed by atoms with Crippen molar-refractivity contribution in [1.29, 1.82) is 0 Å². The minimum atomic E-state index is -0.985. The summed E-state index contributed by atoms with van der Waals surface area (Å²) in [4.78, 5) is 14.0. The number of hydrogen-bond acceptors (Lipinski definition) is 3. The highest BCUT2D eigenvalue weighted by Crippen LogP contribution is 2.35. The fraction of sp³-hybridized carbons (Fsp3) is 0.273. The van der Waals surface area contributed by atoms with E-state index in [2.05, 4.69) is 34.5 Å². The highest BCUT2D eigenvalue weighted by molar-refractivity contribution is 5.80. The number of carbonyl (C=O) groups is 1. The van der Waals surface area contributed by atoms with E-state index in [1.165, 1.54) is 6.92 Å². The number of rotatable bonds is 4. The van der Waals surface area contributed by atoms with Gasteiger partial charge in [0.15, 0.2) is 0 Å². The number of hydrogen-bond donors (Lipinski definition) is 2. The lowest BCUT2D eigenvalue weighted by molar-refractivity contribution is -0.140. The zero-order valence-electron chi connectivity index (χ0n) is 15.3. The summed E-state index contributed by atoms with van der Waals surface area (Å²) in [7, 11) is 0. The van der Waals surface area contributed by atoms with Crippen LogP contribution in [-0.2, 0) is 17.8 Å². The molecule has 0 spiro atoms. The van der Waals surface area contributed by atoms with E-state index in [0.29, 0.717) is 13.1 Å². The normalized spacial score (nSPS) is 14.9. The molecule has 5 nitrogen and oxygen atoms in total. The Balaban J connectivity index is 1.77. The third-order valence-electron chi connectivity index (χ3n) is 5.17. The molecule has 1 aromatic heterocycles. The first-order valence-electron chi connectivity index (χ1n) is 9.28. The van der Waals surface area contributed by atoms with Crippen LogP contribution in [0.3, 0.4) is 0 Å². The van der Waals surface area contributed by atoms with E-state index in [4.69, 9.17) is 0 Å². The number of carbonyl (C=O) groups excluding carboxylic acids is 1.